The highest BCUT2D eigenvalue weighted by molar-refractivity contribution is 6.05. The standard InChI is InChI=1S/C21H22FN5O2.ClH/c1-13(24-20(28)19-16-7-2-3-8-17(16)25-26-19)21(29)27-10-9-23-12-18(27)14-5-4-6-15(22)11-14;/h2-8,11,13,18,23H,9-10,12H2,1H3,(H,24,28)(H,25,26);1H. The summed E-state index contributed by atoms with van der Waals surface area (Å²) in [6.45, 7) is 3.30. The third kappa shape index (κ3) is 4.29. The molecule has 0 saturated carbocycles. The fourth-order valence-corrected chi connectivity index (χ4v) is 3.69. The second kappa shape index (κ2) is 9.23. The molecule has 158 valence electrons. The van der Waals surface area contributed by atoms with E-state index in [2.05, 4.69) is 20.8 Å². The van der Waals surface area contributed by atoms with E-state index in [-0.39, 0.29) is 35.9 Å². The molecule has 2 amide bonds. The van der Waals surface area contributed by atoms with E-state index in [1.54, 1.807) is 30.0 Å². The van der Waals surface area contributed by atoms with Gasteiger partial charge >= 0.3 is 0 Å². The van der Waals surface area contributed by atoms with Gasteiger partial charge in [0.15, 0.2) is 5.69 Å². The van der Waals surface area contributed by atoms with Crippen molar-refractivity contribution in [3.63, 3.8) is 0 Å². The molecule has 9 heteroatoms. The number of piperazine rings is 1. The number of carbonyl (C=O) groups is 2. The highest BCUT2D eigenvalue weighted by atomic mass is 35.5. The van der Waals surface area contributed by atoms with Crippen LogP contribution in [0.25, 0.3) is 10.9 Å². The van der Waals surface area contributed by atoms with Crippen LogP contribution in [0.15, 0.2) is 48.5 Å². The van der Waals surface area contributed by atoms with Crippen LogP contribution in [0.3, 0.4) is 0 Å². The predicted octanol–water partition coefficient (Wildman–Crippen LogP) is 2.42. The molecule has 1 aromatic heterocycles. The Kier molecular flexibility index (Phi) is 6.69. The summed E-state index contributed by atoms with van der Waals surface area (Å²) in [4.78, 5) is 27.5. The molecule has 3 aromatic rings. The smallest absolute Gasteiger partial charge is 0.273 e. The summed E-state index contributed by atoms with van der Waals surface area (Å²) in [6, 6.07) is 12.5. The van der Waals surface area contributed by atoms with Gasteiger partial charge in [-0.2, -0.15) is 5.10 Å². The molecule has 2 aromatic carbocycles. The average molecular weight is 432 g/mol. The number of amides is 2. The number of benzene rings is 2. The molecule has 1 aliphatic heterocycles. The summed E-state index contributed by atoms with van der Waals surface area (Å²) in [6.07, 6.45) is 0. The molecular weight excluding hydrogens is 409 g/mol. The fourth-order valence-electron chi connectivity index (χ4n) is 3.69. The maximum atomic E-state index is 13.7. The molecule has 2 unspecified atom stereocenters. The van der Waals surface area contributed by atoms with Gasteiger partial charge in [-0.05, 0) is 30.7 Å². The van der Waals surface area contributed by atoms with Crippen molar-refractivity contribution in [3.8, 4) is 0 Å². The molecule has 0 radical (unpaired) electrons. The van der Waals surface area contributed by atoms with Crippen molar-refractivity contribution in [2.75, 3.05) is 19.6 Å². The minimum Gasteiger partial charge on any atom is -0.339 e. The zero-order valence-corrected chi connectivity index (χ0v) is 17.2. The Hall–Kier alpha value is -2.97. The number of aromatic amines is 1. The van der Waals surface area contributed by atoms with E-state index in [0.717, 1.165) is 11.1 Å². The molecule has 1 fully saturated rings. The maximum Gasteiger partial charge on any atom is 0.273 e. The second-order valence-electron chi connectivity index (χ2n) is 7.12. The Labute approximate surface area is 179 Å². The normalized spacial score (nSPS) is 17.3. The van der Waals surface area contributed by atoms with E-state index in [1.807, 2.05) is 18.2 Å². The Morgan fingerprint density at radius 1 is 1.23 bits per heavy atom. The summed E-state index contributed by atoms with van der Waals surface area (Å²) >= 11 is 0. The van der Waals surface area contributed by atoms with Crippen LogP contribution in [0.2, 0.25) is 0 Å². The lowest BCUT2D eigenvalue weighted by molar-refractivity contribution is -0.136. The third-order valence-electron chi connectivity index (χ3n) is 5.16. The topological polar surface area (TPSA) is 90.1 Å². The molecule has 30 heavy (non-hydrogen) atoms. The van der Waals surface area contributed by atoms with Gasteiger partial charge < -0.3 is 15.5 Å². The van der Waals surface area contributed by atoms with Gasteiger partial charge in [0, 0.05) is 25.0 Å². The molecule has 0 aliphatic carbocycles. The zero-order chi connectivity index (χ0) is 20.4. The summed E-state index contributed by atoms with van der Waals surface area (Å²) in [5.74, 6) is -0.970. The Bertz CT molecular complexity index is 1060. The third-order valence-corrected chi connectivity index (χ3v) is 5.16. The SMILES string of the molecule is CC(NC(=O)c1n[nH]c2ccccc12)C(=O)N1CCNCC1c1cccc(F)c1.Cl. The van der Waals surface area contributed by atoms with Crippen molar-refractivity contribution in [2.45, 2.75) is 19.0 Å². The van der Waals surface area contributed by atoms with Crippen molar-refractivity contribution in [1.29, 1.82) is 0 Å². The summed E-state index contributed by atoms with van der Waals surface area (Å²) in [5.41, 5.74) is 1.73. The van der Waals surface area contributed by atoms with Gasteiger partial charge in [-0.15, -0.1) is 12.4 Å². The van der Waals surface area contributed by atoms with Gasteiger partial charge in [-0.1, -0.05) is 30.3 Å². The lowest BCUT2D eigenvalue weighted by Crippen LogP contribution is -2.54. The molecule has 3 N–H and O–H groups in total. The van der Waals surface area contributed by atoms with Gasteiger partial charge in [0.2, 0.25) is 5.91 Å². The van der Waals surface area contributed by atoms with Crippen molar-refractivity contribution in [1.82, 2.24) is 25.7 Å². The summed E-state index contributed by atoms with van der Waals surface area (Å²) in [5, 5.41) is 13.6. The number of halogens is 2. The van der Waals surface area contributed by atoms with Crippen LogP contribution in [0.4, 0.5) is 4.39 Å². The van der Waals surface area contributed by atoms with E-state index in [9.17, 15) is 14.0 Å². The van der Waals surface area contributed by atoms with Crippen molar-refractivity contribution < 1.29 is 14.0 Å². The minimum atomic E-state index is -0.743. The van der Waals surface area contributed by atoms with Crippen LogP contribution in [0.1, 0.15) is 29.0 Å². The Balaban J connectivity index is 0.00000256. The number of carbonyl (C=O) groups excluding carboxylic acids is 2. The van der Waals surface area contributed by atoms with Gasteiger partial charge in [0.25, 0.3) is 5.91 Å². The number of fused-ring (bicyclic) bond motifs is 1. The van der Waals surface area contributed by atoms with Gasteiger partial charge in [-0.25, -0.2) is 4.39 Å². The highest BCUT2D eigenvalue weighted by Crippen LogP contribution is 2.24. The first-order valence-electron chi connectivity index (χ1n) is 9.55. The van der Waals surface area contributed by atoms with E-state index in [0.29, 0.717) is 25.0 Å². The Morgan fingerprint density at radius 2 is 2.03 bits per heavy atom. The molecule has 4 rings (SSSR count). The van der Waals surface area contributed by atoms with E-state index >= 15 is 0 Å². The first kappa shape index (κ1) is 21.7. The molecule has 1 aliphatic rings. The van der Waals surface area contributed by atoms with E-state index in [1.165, 1.54) is 12.1 Å². The Morgan fingerprint density at radius 3 is 2.83 bits per heavy atom. The van der Waals surface area contributed by atoms with Gasteiger partial charge in [0.05, 0.1) is 11.6 Å². The molecule has 2 atom stereocenters. The molecule has 1 saturated heterocycles. The lowest BCUT2D eigenvalue weighted by atomic mass is 10.0. The lowest BCUT2D eigenvalue weighted by Gasteiger charge is -2.38. The maximum absolute atomic E-state index is 13.7. The highest BCUT2D eigenvalue weighted by Gasteiger charge is 2.32. The second-order valence-corrected chi connectivity index (χ2v) is 7.12. The quantitative estimate of drug-likeness (QED) is 0.591. The number of H-pyrrole nitrogens is 1. The first-order valence-corrected chi connectivity index (χ1v) is 9.55. The van der Waals surface area contributed by atoms with Crippen LogP contribution in [0.5, 0.6) is 0 Å². The number of nitrogens with zero attached hydrogens (tertiary/aromatic N) is 2. The first-order chi connectivity index (χ1) is 14.0. The number of nitrogens with one attached hydrogen (secondary N) is 3. The molecular formula is C21H23ClFN5O2. The van der Waals surface area contributed by atoms with Crippen LogP contribution in [-0.2, 0) is 4.79 Å². The number of hydrogen-bond donors (Lipinski definition) is 3. The zero-order valence-electron chi connectivity index (χ0n) is 16.4. The largest absolute Gasteiger partial charge is 0.339 e. The molecule has 0 bridgehead atoms. The minimum absolute atomic E-state index is 0. The van der Waals surface area contributed by atoms with Gasteiger partial charge in [-0.3, -0.25) is 14.7 Å². The monoisotopic (exact) mass is 431 g/mol. The van der Waals surface area contributed by atoms with Gasteiger partial charge in [0.1, 0.15) is 11.9 Å². The summed E-state index contributed by atoms with van der Waals surface area (Å²) < 4.78 is 13.7. The van der Waals surface area contributed by atoms with Crippen molar-refractivity contribution in [2.24, 2.45) is 0 Å². The molecule has 7 nitrogen and oxygen atoms in total. The number of rotatable bonds is 4. The molecule has 2 heterocycles. The van der Waals surface area contributed by atoms with E-state index < -0.39 is 11.9 Å². The fraction of sp³-hybridized carbons (Fsp3) is 0.286. The number of para-hydroxylation sites is 1. The van der Waals surface area contributed by atoms with Crippen LogP contribution in [-0.4, -0.2) is 52.6 Å². The molecule has 0 spiro atoms. The van der Waals surface area contributed by atoms with Crippen molar-refractivity contribution in [3.05, 3.63) is 65.6 Å². The average Bonchev–Trinajstić information content (AvgIpc) is 3.17. The van der Waals surface area contributed by atoms with Crippen LogP contribution in [0, 0.1) is 5.82 Å². The van der Waals surface area contributed by atoms with Crippen molar-refractivity contribution >= 4 is 35.1 Å². The van der Waals surface area contributed by atoms with Crippen LogP contribution >= 0.6 is 12.4 Å². The van der Waals surface area contributed by atoms with E-state index in [4.69, 9.17) is 0 Å². The predicted molar refractivity (Wildman–Crippen MR) is 114 cm³/mol. The number of aromatic nitrogens is 2. The van der Waals surface area contributed by atoms with Crippen LogP contribution < -0.4 is 10.6 Å². The summed E-state index contributed by atoms with van der Waals surface area (Å²) in [7, 11) is 0. The number of hydrogen-bond acceptors (Lipinski definition) is 4.